The molecule has 148 valence electrons. The van der Waals surface area contributed by atoms with E-state index in [1.165, 1.54) is 6.33 Å². The van der Waals surface area contributed by atoms with Gasteiger partial charge in [0.2, 0.25) is 11.6 Å². The van der Waals surface area contributed by atoms with E-state index in [1.807, 2.05) is 6.92 Å². The van der Waals surface area contributed by atoms with E-state index in [9.17, 15) is 10.1 Å². The second-order valence-corrected chi connectivity index (χ2v) is 6.68. The maximum Gasteiger partial charge on any atom is 0.353 e. The molecule has 9 nitrogen and oxygen atoms in total. The highest BCUT2D eigenvalue weighted by atomic mass is 35.5. The summed E-state index contributed by atoms with van der Waals surface area (Å²) >= 11 is 5.98. The molecule has 0 unspecified atom stereocenters. The van der Waals surface area contributed by atoms with Gasteiger partial charge in [-0.1, -0.05) is 11.6 Å². The summed E-state index contributed by atoms with van der Waals surface area (Å²) in [7, 11) is 0. The minimum absolute atomic E-state index is 0.0517. The number of halogens is 1. The number of fused-ring (bicyclic) bond motifs is 1. The van der Waals surface area contributed by atoms with Gasteiger partial charge in [-0.05, 0) is 42.8 Å². The smallest absolute Gasteiger partial charge is 0.353 e. The van der Waals surface area contributed by atoms with Crippen LogP contribution in [0.15, 0.2) is 42.7 Å². The topological polar surface area (TPSA) is 111 Å². The quantitative estimate of drug-likeness (QED) is 0.461. The number of aryl methyl sites for hydroxylation is 1. The lowest BCUT2D eigenvalue weighted by atomic mass is 10.2. The molecule has 2 aromatic carbocycles. The number of hydrogen-bond acceptors (Lipinski definition) is 8. The van der Waals surface area contributed by atoms with Crippen molar-refractivity contribution < 1.29 is 14.4 Å². The number of ether oxygens (including phenoxy) is 2. The summed E-state index contributed by atoms with van der Waals surface area (Å²) in [5.74, 6) is 1.30. The van der Waals surface area contributed by atoms with Gasteiger partial charge in [-0.3, -0.25) is 10.1 Å². The van der Waals surface area contributed by atoms with Crippen molar-refractivity contribution in [2.45, 2.75) is 6.92 Å². The Morgan fingerprint density at radius 3 is 2.48 bits per heavy atom. The summed E-state index contributed by atoms with van der Waals surface area (Å²) in [4.78, 5) is 19.3. The molecule has 0 radical (unpaired) electrons. The third kappa shape index (κ3) is 3.99. The summed E-state index contributed by atoms with van der Waals surface area (Å²) in [5.41, 5.74) is 1.77. The first kappa shape index (κ1) is 18.8. The van der Waals surface area contributed by atoms with Gasteiger partial charge in [-0.15, -0.1) is 0 Å². The lowest BCUT2D eigenvalue weighted by Gasteiger charge is -2.19. The van der Waals surface area contributed by atoms with Crippen molar-refractivity contribution in [3.8, 4) is 11.5 Å². The number of nitro groups is 1. The molecule has 29 heavy (non-hydrogen) atoms. The number of nitrogens with zero attached hydrogens (tertiary/aromatic N) is 3. The molecule has 0 saturated carbocycles. The van der Waals surface area contributed by atoms with Crippen LogP contribution in [0.2, 0.25) is 5.02 Å². The van der Waals surface area contributed by atoms with E-state index in [4.69, 9.17) is 21.1 Å². The van der Waals surface area contributed by atoms with Crippen molar-refractivity contribution in [3.63, 3.8) is 0 Å². The Hall–Kier alpha value is -3.59. The average Bonchev–Trinajstić information content (AvgIpc) is 2.70. The van der Waals surface area contributed by atoms with Gasteiger partial charge in [0, 0.05) is 22.5 Å². The van der Waals surface area contributed by atoms with E-state index in [0.717, 1.165) is 5.56 Å². The summed E-state index contributed by atoms with van der Waals surface area (Å²) in [6.45, 7) is 2.77. The fourth-order valence-corrected chi connectivity index (χ4v) is 3.11. The van der Waals surface area contributed by atoms with Crippen LogP contribution in [0.1, 0.15) is 5.56 Å². The number of hydrogen-bond donors (Lipinski definition) is 2. The predicted molar refractivity (Wildman–Crippen MR) is 109 cm³/mol. The molecule has 0 aliphatic carbocycles. The van der Waals surface area contributed by atoms with Crippen LogP contribution in [0.25, 0.3) is 0 Å². The highest BCUT2D eigenvalue weighted by molar-refractivity contribution is 6.30. The molecule has 3 aromatic rings. The van der Waals surface area contributed by atoms with E-state index in [2.05, 4.69) is 20.6 Å². The zero-order valence-corrected chi connectivity index (χ0v) is 16.1. The van der Waals surface area contributed by atoms with Gasteiger partial charge in [0.1, 0.15) is 19.5 Å². The van der Waals surface area contributed by atoms with Gasteiger partial charge in [-0.25, -0.2) is 9.97 Å². The Morgan fingerprint density at radius 2 is 1.76 bits per heavy atom. The van der Waals surface area contributed by atoms with Gasteiger partial charge in [0.25, 0.3) is 0 Å². The first-order valence-electron chi connectivity index (χ1n) is 8.70. The second-order valence-electron chi connectivity index (χ2n) is 6.24. The number of rotatable bonds is 5. The van der Waals surface area contributed by atoms with Crippen LogP contribution in [0.5, 0.6) is 11.5 Å². The molecule has 1 aromatic heterocycles. The van der Waals surface area contributed by atoms with Crippen molar-refractivity contribution in [1.29, 1.82) is 0 Å². The Bertz CT molecular complexity index is 1090. The molecule has 0 fully saturated rings. The lowest BCUT2D eigenvalue weighted by molar-refractivity contribution is -0.383. The summed E-state index contributed by atoms with van der Waals surface area (Å²) in [6.07, 6.45) is 1.25. The van der Waals surface area contributed by atoms with E-state index in [1.54, 1.807) is 36.4 Å². The van der Waals surface area contributed by atoms with Crippen molar-refractivity contribution in [2.75, 3.05) is 23.8 Å². The van der Waals surface area contributed by atoms with Gasteiger partial charge in [0.15, 0.2) is 11.5 Å². The second kappa shape index (κ2) is 7.80. The van der Waals surface area contributed by atoms with Crippen molar-refractivity contribution in [1.82, 2.24) is 9.97 Å². The Morgan fingerprint density at radius 1 is 1.03 bits per heavy atom. The molecule has 1 aliphatic heterocycles. The Kier molecular flexibility index (Phi) is 5.05. The van der Waals surface area contributed by atoms with Crippen LogP contribution in [-0.4, -0.2) is 28.1 Å². The van der Waals surface area contributed by atoms with Crippen LogP contribution >= 0.6 is 11.6 Å². The molecule has 2 heterocycles. The van der Waals surface area contributed by atoms with Crippen molar-refractivity contribution >= 4 is 40.3 Å². The summed E-state index contributed by atoms with van der Waals surface area (Å²) < 4.78 is 11.0. The molecule has 0 spiro atoms. The molecule has 1 aliphatic rings. The van der Waals surface area contributed by atoms with E-state index < -0.39 is 4.92 Å². The molecule has 4 rings (SSSR count). The minimum Gasteiger partial charge on any atom is -0.486 e. The monoisotopic (exact) mass is 413 g/mol. The van der Waals surface area contributed by atoms with Crippen LogP contribution in [-0.2, 0) is 0 Å². The number of nitrogens with one attached hydrogen (secondary N) is 2. The van der Waals surface area contributed by atoms with E-state index in [-0.39, 0.29) is 17.3 Å². The van der Waals surface area contributed by atoms with Gasteiger partial charge in [-0.2, -0.15) is 0 Å². The Balaban J connectivity index is 1.67. The molecule has 2 N–H and O–H groups in total. The van der Waals surface area contributed by atoms with Gasteiger partial charge in [0.05, 0.1) is 4.92 Å². The number of benzene rings is 2. The molecule has 0 bridgehead atoms. The maximum absolute atomic E-state index is 11.8. The molecule has 10 heteroatoms. The molecule has 0 saturated heterocycles. The Labute approximate surface area is 170 Å². The van der Waals surface area contributed by atoms with Crippen LogP contribution in [0.4, 0.5) is 28.7 Å². The van der Waals surface area contributed by atoms with Crippen LogP contribution < -0.4 is 20.1 Å². The lowest BCUT2D eigenvalue weighted by Crippen LogP contribution is -2.15. The predicted octanol–water partition coefficient (Wildman–Crippen LogP) is 4.61. The first-order valence-corrected chi connectivity index (χ1v) is 9.08. The highest BCUT2D eigenvalue weighted by Crippen LogP contribution is 2.37. The molecular formula is C19H16ClN5O4. The minimum atomic E-state index is -0.534. The summed E-state index contributed by atoms with van der Waals surface area (Å²) in [6, 6.07) is 10.4. The van der Waals surface area contributed by atoms with Crippen LogP contribution in [0.3, 0.4) is 0 Å². The highest BCUT2D eigenvalue weighted by Gasteiger charge is 2.24. The zero-order chi connectivity index (χ0) is 20.4. The van der Waals surface area contributed by atoms with Crippen molar-refractivity contribution in [3.05, 3.63) is 63.4 Å². The fraction of sp³-hybridized carbons (Fsp3) is 0.158. The number of anilines is 4. The SMILES string of the molecule is Cc1cc(Cl)ccc1Nc1ncnc(Nc2ccc3c(c2)OCCO3)c1[N+](=O)[O-]. The third-order valence-electron chi connectivity index (χ3n) is 4.25. The summed E-state index contributed by atoms with van der Waals surface area (Å²) in [5, 5.41) is 18.3. The normalized spacial score (nSPS) is 12.3. The largest absolute Gasteiger partial charge is 0.486 e. The maximum atomic E-state index is 11.8. The fourth-order valence-electron chi connectivity index (χ4n) is 2.89. The van der Waals surface area contributed by atoms with Gasteiger partial charge < -0.3 is 20.1 Å². The van der Waals surface area contributed by atoms with Gasteiger partial charge >= 0.3 is 5.69 Å². The molecular weight excluding hydrogens is 398 g/mol. The van der Waals surface area contributed by atoms with Crippen molar-refractivity contribution in [2.24, 2.45) is 0 Å². The van der Waals surface area contributed by atoms with E-state index in [0.29, 0.717) is 41.1 Å². The average molecular weight is 414 g/mol. The zero-order valence-electron chi connectivity index (χ0n) is 15.3. The molecule has 0 atom stereocenters. The third-order valence-corrected chi connectivity index (χ3v) is 4.49. The number of aromatic nitrogens is 2. The molecule has 0 amide bonds. The van der Waals surface area contributed by atoms with Crippen LogP contribution in [0, 0.1) is 17.0 Å². The van der Waals surface area contributed by atoms with E-state index >= 15 is 0 Å². The first-order chi connectivity index (χ1) is 14.0. The standard InChI is InChI=1S/C19H16ClN5O4/c1-11-8-12(20)2-4-14(11)24-19-17(25(26)27)18(21-10-22-19)23-13-3-5-15-16(9-13)29-7-6-28-15/h2-5,8-10H,6-7H2,1H3,(H2,21,22,23,24).